The van der Waals surface area contributed by atoms with E-state index in [4.69, 9.17) is 0 Å². The molecule has 17 heavy (non-hydrogen) atoms. The van der Waals surface area contributed by atoms with Crippen molar-refractivity contribution in [2.24, 2.45) is 0 Å². The molecule has 0 aromatic carbocycles. The van der Waals surface area contributed by atoms with Gasteiger partial charge < -0.3 is 5.11 Å². The zero-order valence-corrected chi connectivity index (χ0v) is 10.4. The highest BCUT2D eigenvalue weighted by Crippen LogP contribution is 2.22. The molecule has 0 bridgehead atoms. The van der Waals surface area contributed by atoms with Crippen molar-refractivity contribution < 1.29 is 13.5 Å². The molecule has 2 heterocycles. The minimum absolute atomic E-state index is 0.0358. The fraction of sp³-hybridized carbons (Fsp3) is 0.250. The zero-order valence-electron chi connectivity index (χ0n) is 8.78. The van der Waals surface area contributed by atoms with E-state index in [2.05, 4.69) is 19.9 Å². The molecule has 0 saturated heterocycles. The third-order valence-corrected chi connectivity index (χ3v) is 4.11. The Morgan fingerprint density at radius 1 is 1.59 bits per heavy atom. The van der Waals surface area contributed by atoms with Crippen LogP contribution in [-0.2, 0) is 10.0 Å². The summed E-state index contributed by atoms with van der Waals surface area (Å²) in [5.74, 6) is 0. The number of aliphatic hydroxyl groups excluding tert-OH is 1. The van der Waals surface area contributed by atoms with Gasteiger partial charge in [0.15, 0.2) is 10.2 Å². The Balaban J connectivity index is 2.21. The number of aromatic amines is 1. The minimum Gasteiger partial charge on any atom is -0.387 e. The number of thiazole rings is 1. The van der Waals surface area contributed by atoms with E-state index in [0.717, 1.165) is 11.3 Å². The fourth-order valence-electron chi connectivity index (χ4n) is 1.09. The number of hydrogen-bond acceptors (Lipinski definition) is 6. The number of aliphatic hydroxyl groups is 1. The Kier molecular flexibility index (Phi) is 3.13. The Hall–Kier alpha value is -1.45. The van der Waals surface area contributed by atoms with Crippen LogP contribution in [0.5, 0.6) is 0 Å². The molecule has 92 valence electrons. The van der Waals surface area contributed by atoms with Crippen molar-refractivity contribution in [2.45, 2.75) is 18.1 Å². The second-order valence-electron chi connectivity index (χ2n) is 3.28. The molecule has 1 atom stereocenters. The Morgan fingerprint density at radius 2 is 2.35 bits per heavy atom. The maximum Gasteiger partial charge on any atom is 0.280 e. The van der Waals surface area contributed by atoms with Crippen molar-refractivity contribution in [3.63, 3.8) is 0 Å². The third kappa shape index (κ3) is 2.62. The standard InChI is InChI=1S/C8H10N4O3S2/c1-5(13)6-4-16-8(10-6)12-17(14,15)7-2-3-9-11-7/h2-5,13H,1H3,(H,9,11)(H,10,12). The van der Waals surface area contributed by atoms with E-state index in [9.17, 15) is 13.5 Å². The van der Waals surface area contributed by atoms with E-state index in [1.54, 1.807) is 12.3 Å². The quantitative estimate of drug-likeness (QED) is 0.761. The lowest BCUT2D eigenvalue weighted by Crippen LogP contribution is -2.13. The third-order valence-electron chi connectivity index (χ3n) is 1.94. The first kappa shape index (κ1) is 12.0. The maximum absolute atomic E-state index is 11.8. The van der Waals surface area contributed by atoms with E-state index >= 15 is 0 Å². The number of sulfonamides is 1. The van der Waals surface area contributed by atoms with Crippen LogP contribution in [0.2, 0.25) is 0 Å². The largest absolute Gasteiger partial charge is 0.387 e. The van der Waals surface area contributed by atoms with Gasteiger partial charge in [-0.1, -0.05) is 0 Å². The van der Waals surface area contributed by atoms with Crippen LogP contribution in [0.15, 0.2) is 22.7 Å². The smallest absolute Gasteiger partial charge is 0.280 e. The second-order valence-corrected chi connectivity index (χ2v) is 5.79. The van der Waals surface area contributed by atoms with Gasteiger partial charge in [0.2, 0.25) is 0 Å². The van der Waals surface area contributed by atoms with Crippen molar-refractivity contribution in [1.29, 1.82) is 0 Å². The molecule has 7 nitrogen and oxygen atoms in total. The predicted molar refractivity (Wildman–Crippen MR) is 62.1 cm³/mol. The molecular weight excluding hydrogens is 264 g/mol. The van der Waals surface area contributed by atoms with Gasteiger partial charge in [0.25, 0.3) is 10.0 Å². The Bertz CT molecular complexity index is 588. The van der Waals surface area contributed by atoms with Gasteiger partial charge in [0, 0.05) is 5.38 Å². The average molecular weight is 274 g/mol. The first-order valence-electron chi connectivity index (χ1n) is 4.65. The number of anilines is 1. The van der Waals surface area contributed by atoms with Gasteiger partial charge in [-0.15, -0.1) is 11.3 Å². The lowest BCUT2D eigenvalue weighted by atomic mass is 10.3. The summed E-state index contributed by atoms with van der Waals surface area (Å²) in [7, 11) is -3.68. The van der Waals surface area contributed by atoms with Crippen LogP contribution < -0.4 is 4.72 Å². The van der Waals surface area contributed by atoms with Gasteiger partial charge in [-0.25, -0.2) is 4.98 Å². The van der Waals surface area contributed by atoms with Crippen LogP contribution in [0.3, 0.4) is 0 Å². The van der Waals surface area contributed by atoms with Crippen molar-refractivity contribution >= 4 is 26.5 Å². The van der Waals surface area contributed by atoms with Crippen LogP contribution in [-0.4, -0.2) is 28.7 Å². The molecule has 0 aliphatic rings. The number of rotatable bonds is 4. The number of nitrogens with one attached hydrogen (secondary N) is 2. The fourth-order valence-corrected chi connectivity index (χ4v) is 3.05. The summed E-state index contributed by atoms with van der Waals surface area (Å²) >= 11 is 1.11. The van der Waals surface area contributed by atoms with Crippen molar-refractivity contribution in [3.05, 3.63) is 23.3 Å². The number of hydrogen-bond donors (Lipinski definition) is 3. The van der Waals surface area contributed by atoms with E-state index in [0.29, 0.717) is 5.69 Å². The SMILES string of the molecule is CC(O)c1csc(NS(=O)(=O)c2ccn[nH]2)n1. The van der Waals surface area contributed by atoms with Gasteiger partial charge >= 0.3 is 0 Å². The number of nitrogens with zero attached hydrogens (tertiary/aromatic N) is 2. The normalized spacial score (nSPS) is 13.5. The van der Waals surface area contributed by atoms with Crippen LogP contribution >= 0.6 is 11.3 Å². The predicted octanol–water partition coefficient (Wildman–Crippen LogP) is 0.720. The van der Waals surface area contributed by atoms with Crippen LogP contribution in [0, 0.1) is 0 Å². The molecule has 0 radical (unpaired) electrons. The lowest BCUT2D eigenvalue weighted by Gasteiger charge is -2.01. The van der Waals surface area contributed by atoms with E-state index in [-0.39, 0.29) is 10.2 Å². The van der Waals surface area contributed by atoms with Crippen LogP contribution in [0.1, 0.15) is 18.7 Å². The molecule has 0 aliphatic heterocycles. The molecule has 2 aromatic rings. The molecule has 1 unspecified atom stereocenters. The molecule has 0 aliphatic carbocycles. The topological polar surface area (TPSA) is 108 Å². The Morgan fingerprint density at radius 3 is 2.88 bits per heavy atom. The first-order valence-corrected chi connectivity index (χ1v) is 7.01. The van der Waals surface area contributed by atoms with E-state index in [1.807, 2.05) is 0 Å². The maximum atomic E-state index is 11.8. The molecule has 0 amide bonds. The summed E-state index contributed by atoms with van der Waals surface area (Å²) in [6.07, 6.45) is 0.620. The molecular formula is C8H10N4O3S2. The van der Waals surface area contributed by atoms with Gasteiger partial charge in [-0.05, 0) is 13.0 Å². The minimum atomic E-state index is -3.68. The van der Waals surface area contributed by atoms with E-state index < -0.39 is 16.1 Å². The summed E-state index contributed by atoms with van der Waals surface area (Å²) in [5, 5.41) is 16.9. The summed E-state index contributed by atoms with van der Waals surface area (Å²) in [5.41, 5.74) is 0.428. The molecule has 0 fully saturated rings. The highest BCUT2D eigenvalue weighted by molar-refractivity contribution is 7.92. The van der Waals surface area contributed by atoms with Crippen LogP contribution in [0.4, 0.5) is 5.13 Å². The molecule has 2 aromatic heterocycles. The molecule has 0 saturated carbocycles. The van der Waals surface area contributed by atoms with Gasteiger partial charge in [0.1, 0.15) is 0 Å². The zero-order chi connectivity index (χ0) is 12.5. The van der Waals surface area contributed by atoms with Crippen molar-refractivity contribution in [1.82, 2.24) is 15.2 Å². The summed E-state index contributed by atoms with van der Waals surface area (Å²) in [6.45, 7) is 1.56. The number of aromatic nitrogens is 3. The summed E-state index contributed by atoms with van der Waals surface area (Å²) in [6, 6.07) is 1.34. The van der Waals surface area contributed by atoms with E-state index in [1.165, 1.54) is 12.3 Å². The molecule has 2 rings (SSSR count). The van der Waals surface area contributed by atoms with Gasteiger partial charge in [0.05, 0.1) is 18.0 Å². The molecule has 3 N–H and O–H groups in total. The molecule has 9 heteroatoms. The van der Waals surface area contributed by atoms with Crippen molar-refractivity contribution in [3.8, 4) is 0 Å². The average Bonchev–Trinajstić information content (AvgIpc) is 2.85. The van der Waals surface area contributed by atoms with Crippen LogP contribution in [0.25, 0.3) is 0 Å². The molecule has 0 spiro atoms. The van der Waals surface area contributed by atoms with Gasteiger partial charge in [-0.2, -0.15) is 13.5 Å². The first-order chi connectivity index (χ1) is 7.99. The summed E-state index contributed by atoms with van der Waals surface area (Å²) < 4.78 is 25.8. The van der Waals surface area contributed by atoms with Crippen molar-refractivity contribution in [2.75, 3.05) is 4.72 Å². The lowest BCUT2D eigenvalue weighted by molar-refractivity contribution is 0.195. The number of H-pyrrole nitrogens is 1. The highest BCUT2D eigenvalue weighted by atomic mass is 32.2. The van der Waals surface area contributed by atoms with Gasteiger partial charge in [-0.3, -0.25) is 9.82 Å². The monoisotopic (exact) mass is 274 g/mol. The Labute approximate surface area is 102 Å². The highest BCUT2D eigenvalue weighted by Gasteiger charge is 2.17. The second kappa shape index (κ2) is 4.43. The summed E-state index contributed by atoms with van der Waals surface area (Å²) in [4.78, 5) is 3.95.